The van der Waals surface area contributed by atoms with Crippen LogP contribution >= 0.6 is 11.6 Å². The van der Waals surface area contributed by atoms with Crippen molar-refractivity contribution in [3.05, 3.63) is 40.0 Å². The summed E-state index contributed by atoms with van der Waals surface area (Å²) >= 11 is 6.07. The maximum absolute atomic E-state index is 12.9. The van der Waals surface area contributed by atoms with E-state index >= 15 is 0 Å². The molecule has 0 unspecified atom stereocenters. The molecule has 0 bridgehead atoms. The molecule has 1 aromatic carbocycles. The first kappa shape index (κ1) is 17.3. The SMILES string of the molecule is C[C@H](N1Cc2cc(-c3cc(C(=O)O)no3)cc(Cl)c2C1=O)C(F)(F)F. The third kappa shape index (κ3) is 2.95. The van der Waals surface area contributed by atoms with E-state index in [0.717, 1.165) is 13.0 Å². The molecule has 1 atom stereocenters. The lowest BCUT2D eigenvalue weighted by Gasteiger charge is -2.26. The summed E-state index contributed by atoms with van der Waals surface area (Å²) in [6.07, 6.45) is -4.56. The Labute approximate surface area is 143 Å². The molecule has 132 valence electrons. The van der Waals surface area contributed by atoms with Crippen molar-refractivity contribution in [1.29, 1.82) is 0 Å². The van der Waals surface area contributed by atoms with E-state index in [1.165, 1.54) is 12.1 Å². The van der Waals surface area contributed by atoms with Crippen molar-refractivity contribution in [3.8, 4) is 11.3 Å². The maximum Gasteiger partial charge on any atom is 0.408 e. The van der Waals surface area contributed by atoms with Gasteiger partial charge in [-0.25, -0.2) is 4.79 Å². The van der Waals surface area contributed by atoms with E-state index < -0.39 is 24.1 Å². The minimum atomic E-state index is -4.56. The molecule has 1 amide bonds. The van der Waals surface area contributed by atoms with Crippen LogP contribution in [0.25, 0.3) is 11.3 Å². The summed E-state index contributed by atoms with van der Waals surface area (Å²) in [6.45, 7) is 0.635. The molecule has 0 fully saturated rings. The maximum atomic E-state index is 12.9. The number of rotatable bonds is 3. The number of fused-ring (bicyclic) bond motifs is 1. The molecule has 0 saturated carbocycles. The molecular formula is C15H10ClF3N2O4. The molecule has 0 radical (unpaired) electrons. The number of hydrogen-bond acceptors (Lipinski definition) is 4. The highest BCUT2D eigenvalue weighted by Crippen LogP contribution is 2.37. The molecule has 25 heavy (non-hydrogen) atoms. The normalized spacial score (nSPS) is 15.4. The van der Waals surface area contributed by atoms with Crippen LogP contribution in [0.5, 0.6) is 0 Å². The second-order valence-electron chi connectivity index (χ2n) is 5.52. The molecule has 10 heteroatoms. The summed E-state index contributed by atoms with van der Waals surface area (Å²) in [7, 11) is 0. The molecule has 0 saturated heterocycles. The molecule has 0 spiro atoms. The molecule has 0 aliphatic carbocycles. The third-order valence-corrected chi connectivity index (χ3v) is 4.24. The summed E-state index contributed by atoms with van der Waals surface area (Å²) in [5, 5.41) is 12.2. The smallest absolute Gasteiger partial charge is 0.408 e. The van der Waals surface area contributed by atoms with Crippen LogP contribution in [0.3, 0.4) is 0 Å². The van der Waals surface area contributed by atoms with Gasteiger partial charge in [-0.05, 0) is 24.6 Å². The Bertz CT molecular complexity index is 878. The van der Waals surface area contributed by atoms with E-state index in [4.69, 9.17) is 21.2 Å². The first-order chi connectivity index (χ1) is 11.6. The minimum Gasteiger partial charge on any atom is -0.476 e. The summed E-state index contributed by atoms with van der Waals surface area (Å²) in [5.41, 5.74) is 0.296. The molecule has 3 rings (SSSR count). The number of amides is 1. The number of aromatic nitrogens is 1. The van der Waals surface area contributed by atoms with Crippen LogP contribution in [0.2, 0.25) is 5.02 Å². The molecule has 2 aromatic rings. The predicted molar refractivity (Wildman–Crippen MR) is 79.3 cm³/mol. The van der Waals surface area contributed by atoms with Gasteiger partial charge in [0.1, 0.15) is 6.04 Å². The van der Waals surface area contributed by atoms with Gasteiger partial charge in [0.25, 0.3) is 5.91 Å². The summed E-state index contributed by atoms with van der Waals surface area (Å²) < 4.78 is 43.7. The number of carbonyl (C=O) groups is 2. The fraction of sp³-hybridized carbons (Fsp3) is 0.267. The van der Waals surface area contributed by atoms with Crippen molar-refractivity contribution < 1.29 is 32.4 Å². The van der Waals surface area contributed by atoms with E-state index in [-0.39, 0.29) is 28.6 Å². The fourth-order valence-electron chi connectivity index (χ4n) is 2.57. The number of benzene rings is 1. The van der Waals surface area contributed by atoms with Crippen molar-refractivity contribution >= 4 is 23.5 Å². The fourth-order valence-corrected chi connectivity index (χ4v) is 2.89. The summed E-state index contributed by atoms with van der Waals surface area (Å²) in [4.78, 5) is 23.8. The molecule has 1 aliphatic rings. The number of hydrogen-bond donors (Lipinski definition) is 1. The van der Waals surface area contributed by atoms with E-state index in [0.29, 0.717) is 16.0 Å². The third-order valence-electron chi connectivity index (χ3n) is 3.94. The number of nitrogens with zero attached hydrogens (tertiary/aromatic N) is 2. The van der Waals surface area contributed by atoms with Gasteiger partial charge in [-0.1, -0.05) is 16.8 Å². The lowest BCUT2D eigenvalue weighted by atomic mass is 10.0. The Balaban J connectivity index is 1.99. The quantitative estimate of drug-likeness (QED) is 0.887. The Morgan fingerprint density at radius 1 is 1.40 bits per heavy atom. The average molecular weight is 375 g/mol. The molecule has 1 aromatic heterocycles. The lowest BCUT2D eigenvalue weighted by molar-refractivity contribution is -0.172. The molecule has 6 nitrogen and oxygen atoms in total. The second kappa shape index (κ2) is 5.76. The summed E-state index contributed by atoms with van der Waals surface area (Å²) in [6, 6.07) is 1.96. The van der Waals surface area contributed by atoms with Gasteiger partial charge >= 0.3 is 12.1 Å². The molecule has 2 heterocycles. The Hall–Kier alpha value is -2.55. The summed E-state index contributed by atoms with van der Waals surface area (Å²) in [5.74, 6) is -2.01. The van der Waals surface area contributed by atoms with E-state index in [9.17, 15) is 22.8 Å². The largest absolute Gasteiger partial charge is 0.476 e. The van der Waals surface area contributed by atoms with Gasteiger partial charge in [-0.3, -0.25) is 4.79 Å². The van der Waals surface area contributed by atoms with E-state index in [2.05, 4.69) is 5.16 Å². The van der Waals surface area contributed by atoms with Gasteiger partial charge in [0.2, 0.25) is 0 Å². The van der Waals surface area contributed by atoms with Crippen LogP contribution in [0.15, 0.2) is 22.7 Å². The van der Waals surface area contributed by atoms with Gasteiger partial charge in [0, 0.05) is 18.2 Å². The highest BCUT2D eigenvalue weighted by molar-refractivity contribution is 6.34. The topological polar surface area (TPSA) is 83.6 Å². The zero-order valence-electron chi connectivity index (χ0n) is 12.6. The zero-order chi connectivity index (χ0) is 18.5. The first-order valence-electron chi connectivity index (χ1n) is 7.00. The number of halogens is 4. The van der Waals surface area contributed by atoms with Crippen LogP contribution in [-0.2, 0) is 6.54 Å². The first-order valence-corrected chi connectivity index (χ1v) is 7.38. The van der Waals surface area contributed by atoms with Gasteiger partial charge in [0.15, 0.2) is 11.5 Å². The van der Waals surface area contributed by atoms with Crippen LogP contribution in [0.4, 0.5) is 13.2 Å². The van der Waals surface area contributed by atoms with Crippen molar-refractivity contribution in [2.24, 2.45) is 0 Å². The van der Waals surface area contributed by atoms with Gasteiger partial charge in [0.05, 0.1) is 10.6 Å². The number of alkyl halides is 3. The standard InChI is InChI=1S/C15H10ClF3N2O4/c1-6(15(17,18)19)21-5-8-2-7(3-9(16)12(8)13(21)22)11-4-10(14(23)24)20-25-11/h2-4,6H,5H2,1H3,(H,23,24)/t6-/m0/s1. The highest BCUT2D eigenvalue weighted by Gasteiger charge is 2.45. The van der Waals surface area contributed by atoms with E-state index in [1.54, 1.807) is 0 Å². The molecule has 1 aliphatic heterocycles. The lowest BCUT2D eigenvalue weighted by Crippen LogP contribution is -2.43. The molecule has 1 N–H and O–H groups in total. The monoisotopic (exact) mass is 374 g/mol. The Kier molecular flexibility index (Phi) is 3.98. The van der Waals surface area contributed by atoms with Crippen LogP contribution in [0, 0.1) is 0 Å². The number of aromatic carboxylic acids is 1. The van der Waals surface area contributed by atoms with Crippen LogP contribution in [-0.4, -0.2) is 39.3 Å². The molecular weight excluding hydrogens is 365 g/mol. The van der Waals surface area contributed by atoms with Gasteiger partial charge in [-0.2, -0.15) is 13.2 Å². The van der Waals surface area contributed by atoms with E-state index in [1.807, 2.05) is 0 Å². The number of carboxylic acids is 1. The Morgan fingerprint density at radius 2 is 2.08 bits per heavy atom. The van der Waals surface area contributed by atoms with Crippen molar-refractivity contribution in [3.63, 3.8) is 0 Å². The highest BCUT2D eigenvalue weighted by atomic mass is 35.5. The number of carbonyl (C=O) groups excluding carboxylic acids is 1. The minimum absolute atomic E-state index is 0.000472. The second-order valence-corrected chi connectivity index (χ2v) is 5.93. The van der Waals surface area contributed by atoms with Crippen molar-refractivity contribution in [1.82, 2.24) is 10.1 Å². The van der Waals surface area contributed by atoms with Gasteiger partial charge in [-0.15, -0.1) is 0 Å². The van der Waals surface area contributed by atoms with Crippen LogP contribution < -0.4 is 0 Å². The predicted octanol–water partition coefficient (Wildman–Crippen LogP) is 3.60. The van der Waals surface area contributed by atoms with Crippen LogP contribution in [0.1, 0.15) is 33.3 Å². The average Bonchev–Trinajstić information content (AvgIpc) is 3.11. The zero-order valence-corrected chi connectivity index (χ0v) is 13.4. The van der Waals surface area contributed by atoms with Crippen molar-refractivity contribution in [2.45, 2.75) is 25.7 Å². The van der Waals surface area contributed by atoms with Crippen molar-refractivity contribution in [2.75, 3.05) is 0 Å². The van der Waals surface area contributed by atoms with Gasteiger partial charge < -0.3 is 14.5 Å². The number of carboxylic acid groups (broad SMARTS) is 1. The Morgan fingerprint density at radius 3 is 2.64 bits per heavy atom.